The molecule has 0 aliphatic carbocycles. The summed E-state index contributed by atoms with van der Waals surface area (Å²) in [5, 5.41) is 14.1. The topological polar surface area (TPSA) is 99.4 Å². The molecule has 11 heteroatoms. The van der Waals surface area contributed by atoms with Crippen LogP contribution in [0.5, 0.6) is 0 Å². The summed E-state index contributed by atoms with van der Waals surface area (Å²) in [7, 11) is 4.00. The van der Waals surface area contributed by atoms with Crippen LogP contribution in [0.4, 0.5) is 21.7 Å². The molecule has 0 radical (unpaired) electrons. The minimum Gasteiger partial charge on any atom is -0.383 e. The summed E-state index contributed by atoms with van der Waals surface area (Å²) in [5.41, 5.74) is 1.84. The Bertz CT molecular complexity index is 1600. The van der Waals surface area contributed by atoms with Gasteiger partial charge in [-0.25, -0.2) is 19.3 Å². The van der Waals surface area contributed by atoms with E-state index < -0.39 is 11.4 Å². The highest BCUT2D eigenvalue weighted by Crippen LogP contribution is 2.35. The summed E-state index contributed by atoms with van der Waals surface area (Å²) in [6.45, 7) is 7.83. The molecule has 0 saturated carbocycles. The number of carbonyl (C=O) groups excluding carboxylic acids is 1. The largest absolute Gasteiger partial charge is 0.383 e. The number of benzene rings is 2. The molecule has 2 aromatic carbocycles. The van der Waals surface area contributed by atoms with Crippen LogP contribution < -0.4 is 10.2 Å². The van der Waals surface area contributed by atoms with Crippen molar-refractivity contribution in [3.8, 4) is 11.3 Å². The quantitative estimate of drug-likeness (QED) is 0.281. The van der Waals surface area contributed by atoms with Crippen molar-refractivity contribution in [1.82, 2.24) is 24.4 Å². The zero-order valence-electron chi connectivity index (χ0n) is 24.1. The molecule has 2 N–H and O–H groups in total. The molecular formula is C30H35ClFN7O2. The van der Waals surface area contributed by atoms with Gasteiger partial charge >= 0.3 is 0 Å². The molecule has 0 unspecified atom stereocenters. The van der Waals surface area contributed by atoms with Gasteiger partial charge in [0.2, 0.25) is 11.9 Å². The molecule has 3 heterocycles. The zero-order chi connectivity index (χ0) is 29.6. The number of piperidine rings is 1. The fourth-order valence-corrected chi connectivity index (χ4v) is 5.46. The molecule has 9 nitrogen and oxygen atoms in total. The number of halogens is 2. The second kappa shape index (κ2) is 11.0. The number of aromatic nitrogens is 4. The third-order valence-corrected chi connectivity index (χ3v) is 7.67. The Labute approximate surface area is 244 Å². The Morgan fingerprint density at radius 3 is 2.49 bits per heavy atom. The van der Waals surface area contributed by atoms with Gasteiger partial charge in [0, 0.05) is 42.0 Å². The maximum atomic E-state index is 15.3. The van der Waals surface area contributed by atoms with Gasteiger partial charge in [0.15, 0.2) is 5.82 Å². The average Bonchev–Trinajstić information content (AvgIpc) is 3.32. The molecule has 1 aliphatic heterocycles. The molecule has 1 aliphatic rings. The molecule has 4 aromatic rings. The second-order valence-electron chi connectivity index (χ2n) is 11.5. The van der Waals surface area contributed by atoms with Crippen molar-refractivity contribution in [2.45, 2.75) is 58.2 Å². The van der Waals surface area contributed by atoms with Gasteiger partial charge in [0.25, 0.3) is 0 Å². The fourth-order valence-electron chi connectivity index (χ4n) is 5.26. The van der Waals surface area contributed by atoms with Crippen molar-refractivity contribution in [2.24, 2.45) is 0 Å². The summed E-state index contributed by atoms with van der Waals surface area (Å²) in [6.07, 6.45) is 2.89. The number of amides is 1. The molecule has 5 rings (SSSR count). The standard InChI is InChI=1S/C30H35ClFN7O2/c1-17(2)39-24-14-18(13-23(32)27(24)35-28(39)30(3,4)41)26-22(31)16-33-29(36-26)34-19-7-9-20(10-8-19)38-12-11-21(37(5)6)15-25(38)40/h7-10,13-14,16-17,21,41H,11-12,15H2,1-6H3,(H,33,34,36)/t21-/m0/s1. The molecule has 216 valence electrons. The van der Waals surface area contributed by atoms with E-state index in [2.05, 4.69) is 25.2 Å². The monoisotopic (exact) mass is 579 g/mol. The zero-order valence-corrected chi connectivity index (χ0v) is 24.9. The maximum absolute atomic E-state index is 15.3. The maximum Gasteiger partial charge on any atom is 0.228 e. The van der Waals surface area contributed by atoms with Gasteiger partial charge < -0.3 is 24.8 Å². The van der Waals surface area contributed by atoms with Crippen LogP contribution in [0.2, 0.25) is 5.02 Å². The minimum atomic E-state index is -1.26. The molecule has 1 fully saturated rings. The third-order valence-electron chi connectivity index (χ3n) is 7.39. The molecule has 0 bridgehead atoms. The Balaban J connectivity index is 1.42. The van der Waals surface area contributed by atoms with Crippen molar-refractivity contribution in [3.05, 3.63) is 59.3 Å². The first kappa shape index (κ1) is 28.9. The molecule has 0 spiro atoms. The number of hydrogen-bond acceptors (Lipinski definition) is 7. The number of rotatable bonds is 7. The molecular weight excluding hydrogens is 545 g/mol. The lowest BCUT2D eigenvalue weighted by Crippen LogP contribution is -2.45. The van der Waals surface area contributed by atoms with Gasteiger partial charge in [-0.2, -0.15) is 0 Å². The molecule has 1 atom stereocenters. The normalized spacial score (nSPS) is 16.3. The van der Waals surface area contributed by atoms with Crippen molar-refractivity contribution in [1.29, 1.82) is 0 Å². The lowest BCUT2D eigenvalue weighted by molar-refractivity contribution is -0.120. The second-order valence-corrected chi connectivity index (χ2v) is 11.9. The van der Waals surface area contributed by atoms with Gasteiger partial charge in [0.1, 0.15) is 16.9 Å². The van der Waals surface area contributed by atoms with Crippen LogP contribution in [-0.2, 0) is 10.4 Å². The Hall–Kier alpha value is -3.60. The smallest absolute Gasteiger partial charge is 0.228 e. The number of anilines is 3. The summed E-state index contributed by atoms with van der Waals surface area (Å²) in [6, 6.07) is 10.8. The van der Waals surface area contributed by atoms with Crippen LogP contribution in [0, 0.1) is 5.82 Å². The summed E-state index contributed by atoms with van der Waals surface area (Å²) in [5.74, 6) is 0.238. The summed E-state index contributed by atoms with van der Waals surface area (Å²) < 4.78 is 17.2. The Morgan fingerprint density at radius 1 is 1.17 bits per heavy atom. The van der Waals surface area contributed by atoms with Gasteiger partial charge in [-0.15, -0.1) is 0 Å². The van der Waals surface area contributed by atoms with Gasteiger partial charge in [-0.1, -0.05) is 11.6 Å². The Morgan fingerprint density at radius 2 is 1.88 bits per heavy atom. The number of nitrogens with zero attached hydrogens (tertiary/aromatic N) is 6. The number of hydrogen-bond donors (Lipinski definition) is 2. The first-order valence-corrected chi connectivity index (χ1v) is 14.0. The van der Waals surface area contributed by atoms with Crippen LogP contribution in [0.15, 0.2) is 42.6 Å². The minimum absolute atomic E-state index is 0.0770. The van der Waals surface area contributed by atoms with Crippen molar-refractivity contribution in [2.75, 3.05) is 30.9 Å². The highest BCUT2D eigenvalue weighted by Gasteiger charge is 2.29. The first-order valence-electron chi connectivity index (χ1n) is 13.6. The van der Waals surface area contributed by atoms with Crippen LogP contribution in [0.3, 0.4) is 0 Å². The van der Waals surface area contributed by atoms with E-state index >= 15 is 4.39 Å². The van der Waals surface area contributed by atoms with Crippen molar-refractivity contribution >= 4 is 45.9 Å². The van der Waals surface area contributed by atoms with Crippen LogP contribution in [0.1, 0.15) is 52.4 Å². The lowest BCUT2D eigenvalue weighted by atomic mass is 10.0. The predicted molar refractivity (Wildman–Crippen MR) is 160 cm³/mol. The summed E-state index contributed by atoms with van der Waals surface area (Å²) in [4.78, 5) is 30.0. The van der Waals surface area contributed by atoms with E-state index in [4.69, 9.17) is 11.6 Å². The van der Waals surface area contributed by atoms with E-state index in [1.807, 2.05) is 61.7 Å². The number of carbonyl (C=O) groups is 1. The van der Waals surface area contributed by atoms with Gasteiger partial charge in [-0.05, 0) is 84.6 Å². The number of fused-ring (bicyclic) bond motifs is 1. The number of aliphatic hydroxyl groups is 1. The fraction of sp³-hybridized carbons (Fsp3) is 0.400. The number of imidazole rings is 1. The highest BCUT2D eigenvalue weighted by atomic mass is 35.5. The van der Waals surface area contributed by atoms with E-state index in [9.17, 15) is 9.90 Å². The molecule has 1 saturated heterocycles. The van der Waals surface area contributed by atoms with E-state index in [0.29, 0.717) is 35.6 Å². The van der Waals surface area contributed by atoms with E-state index in [1.165, 1.54) is 12.3 Å². The highest BCUT2D eigenvalue weighted by molar-refractivity contribution is 6.33. The third kappa shape index (κ3) is 5.77. The van der Waals surface area contributed by atoms with Crippen molar-refractivity contribution in [3.63, 3.8) is 0 Å². The van der Waals surface area contributed by atoms with Gasteiger partial charge in [-0.3, -0.25) is 4.79 Å². The van der Waals surface area contributed by atoms with Gasteiger partial charge in [0.05, 0.1) is 22.4 Å². The SMILES string of the molecule is CC(C)n1c(C(C)(C)O)nc2c(F)cc(-c3nc(Nc4ccc(N5CC[C@H](N(C)C)CC5=O)cc4)ncc3Cl)cc21. The molecule has 41 heavy (non-hydrogen) atoms. The van der Waals surface area contributed by atoms with Crippen molar-refractivity contribution < 1.29 is 14.3 Å². The summed E-state index contributed by atoms with van der Waals surface area (Å²) >= 11 is 6.49. The molecule has 2 aromatic heterocycles. The van der Waals surface area contributed by atoms with Crippen LogP contribution in [-0.4, -0.2) is 62.1 Å². The Kier molecular flexibility index (Phi) is 7.76. The van der Waals surface area contributed by atoms with E-state index in [-0.39, 0.29) is 34.5 Å². The predicted octanol–water partition coefficient (Wildman–Crippen LogP) is 5.89. The lowest BCUT2D eigenvalue weighted by Gasteiger charge is -2.34. The van der Waals surface area contributed by atoms with E-state index in [1.54, 1.807) is 19.9 Å². The average molecular weight is 580 g/mol. The first-order chi connectivity index (χ1) is 19.3. The van der Waals surface area contributed by atoms with E-state index in [0.717, 1.165) is 17.8 Å². The van der Waals surface area contributed by atoms with Crippen LogP contribution >= 0.6 is 11.6 Å². The number of nitrogens with one attached hydrogen (secondary N) is 1. The van der Waals surface area contributed by atoms with Crippen LogP contribution in [0.25, 0.3) is 22.3 Å². The molecule has 1 amide bonds.